The summed E-state index contributed by atoms with van der Waals surface area (Å²) < 4.78 is 81.9. The van der Waals surface area contributed by atoms with E-state index in [1.165, 1.54) is 17.7 Å². The number of benzene rings is 4. The molecule has 2 aliphatic heterocycles. The van der Waals surface area contributed by atoms with Gasteiger partial charge in [-0.1, -0.05) is 66.7 Å². The molecule has 2 aliphatic rings. The molecule has 4 aromatic rings. The summed E-state index contributed by atoms with van der Waals surface area (Å²) in [4.78, 5) is 17.3. The average molecular weight is 668 g/mol. The van der Waals surface area contributed by atoms with Crippen molar-refractivity contribution in [2.24, 2.45) is 0 Å². The fourth-order valence-corrected chi connectivity index (χ4v) is 6.01. The first-order chi connectivity index (χ1) is 23.2. The number of rotatable bonds is 9. The fourth-order valence-electron chi connectivity index (χ4n) is 6.01. The first-order valence-corrected chi connectivity index (χ1v) is 15.6. The van der Waals surface area contributed by atoms with Crippen LogP contribution in [0.25, 0.3) is 0 Å². The Morgan fingerprint density at radius 1 is 0.708 bits per heavy atom. The van der Waals surface area contributed by atoms with Gasteiger partial charge >= 0.3 is 0 Å². The second-order valence-corrected chi connectivity index (χ2v) is 11.9. The van der Waals surface area contributed by atoms with Crippen LogP contribution in [0.1, 0.15) is 51.4 Å². The molecule has 2 N–H and O–H groups in total. The number of halogens is 5. The van der Waals surface area contributed by atoms with Crippen LogP contribution in [0.4, 0.5) is 27.6 Å². The van der Waals surface area contributed by atoms with Crippen LogP contribution in [0.2, 0.25) is 0 Å². The highest BCUT2D eigenvalue weighted by atomic mass is 19.2. The Morgan fingerprint density at radius 3 is 1.92 bits per heavy atom. The topological polar surface area (TPSA) is 74.3 Å². The molecule has 2 saturated heterocycles. The Bertz CT molecular complexity index is 1690. The number of hydrogen-bond acceptors (Lipinski definition) is 6. The molecule has 0 aliphatic carbocycles. The lowest BCUT2D eigenvalue weighted by molar-refractivity contribution is -0.253. The van der Waals surface area contributed by atoms with Crippen LogP contribution in [-0.2, 0) is 22.6 Å². The molecule has 0 spiro atoms. The third-order valence-electron chi connectivity index (χ3n) is 8.67. The van der Waals surface area contributed by atoms with Gasteiger partial charge in [0.2, 0.25) is 5.82 Å². The maximum absolute atomic E-state index is 14.2. The summed E-state index contributed by atoms with van der Waals surface area (Å²) in [6.45, 7) is 5.10. The van der Waals surface area contributed by atoms with Crippen molar-refractivity contribution < 1.29 is 41.3 Å². The van der Waals surface area contributed by atoms with Crippen LogP contribution in [-0.4, -0.2) is 59.6 Å². The lowest BCUT2D eigenvalue weighted by Gasteiger charge is -2.40. The molecule has 1 amide bonds. The summed E-state index contributed by atoms with van der Waals surface area (Å²) in [5.74, 6) is -12.7. The summed E-state index contributed by atoms with van der Waals surface area (Å²) >= 11 is 0. The zero-order valence-electron chi connectivity index (χ0n) is 25.9. The number of aliphatic hydroxyl groups excluding tert-OH is 1. The van der Waals surface area contributed by atoms with Crippen LogP contribution in [0.15, 0.2) is 78.9 Å². The van der Waals surface area contributed by atoms with Crippen molar-refractivity contribution in [3.8, 4) is 0 Å². The Morgan fingerprint density at radius 2 is 1.29 bits per heavy atom. The zero-order valence-corrected chi connectivity index (χ0v) is 25.9. The molecule has 2 heterocycles. The summed E-state index contributed by atoms with van der Waals surface area (Å²) in [7, 11) is 0. The molecule has 6 rings (SSSR count). The van der Waals surface area contributed by atoms with Crippen LogP contribution in [0, 0.1) is 29.1 Å². The van der Waals surface area contributed by atoms with Gasteiger partial charge in [0, 0.05) is 56.9 Å². The number of hydrogen-bond donors (Lipinski definition) is 2. The molecule has 0 bridgehead atoms. The first-order valence-electron chi connectivity index (χ1n) is 15.6. The van der Waals surface area contributed by atoms with Crippen molar-refractivity contribution >= 4 is 11.6 Å². The van der Waals surface area contributed by atoms with E-state index in [-0.39, 0.29) is 24.5 Å². The van der Waals surface area contributed by atoms with Crippen molar-refractivity contribution in [2.45, 2.75) is 38.1 Å². The van der Waals surface area contributed by atoms with E-state index in [1.807, 2.05) is 42.5 Å². The average Bonchev–Trinajstić information content (AvgIpc) is 3.11. The molecule has 2 fully saturated rings. The highest BCUT2D eigenvalue weighted by Gasteiger charge is 2.34. The standard InChI is InChI=1S/C36H34F5N3O4/c37-30-29(31(38)33(40)34(41)32(30)39)35(46)42-26-12-10-25(11-13-26)36-47-27(18-28(48-36)24-8-6-23(21-45)7-9-24)20-44-16-14-43(15-17-44)19-22-4-2-1-3-5-22/h1-13,27-28,36,45H,14-21H2,(H,42,46). The molecule has 0 radical (unpaired) electrons. The van der Waals surface area contributed by atoms with Gasteiger partial charge in [0.25, 0.3) is 5.91 Å². The van der Waals surface area contributed by atoms with E-state index in [1.54, 1.807) is 12.1 Å². The second-order valence-electron chi connectivity index (χ2n) is 11.9. The number of anilines is 1. The highest BCUT2D eigenvalue weighted by Crippen LogP contribution is 2.38. The van der Waals surface area contributed by atoms with Crippen molar-refractivity contribution in [3.63, 3.8) is 0 Å². The second kappa shape index (κ2) is 14.9. The first kappa shape index (κ1) is 33.7. The number of ether oxygens (including phenoxy) is 2. The Hall–Kier alpha value is -4.20. The van der Waals surface area contributed by atoms with Gasteiger partial charge in [0.1, 0.15) is 5.56 Å². The lowest BCUT2D eigenvalue weighted by Crippen LogP contribution is -2.49. The van der Waals surface area contributed by atoms with E-state index >= 15 is 0 Å². The number of carbonyl (C=O) groups is 1. The normalized spacial score (nSPS) is 20.5. The highest BCUT2D eigenvalue weighted by molar-refractivity contribution is 6.04. The third kappa shape index (κ3) is 7.58. The molecule has 12 heteroatoms. The Balaban J connectivity index is 1.14. The summed E-state index contributed by atoms with van der Waals surface area (Å²) in [6, 6.07) is 23.9. The molecule has 3 atom stereocenters. The molecular weight excluding hydrogens is 633 g/mol. The Labute approximate surface area is 274 Å². The molecule has 0 saturated carbocycles. The largest absolute Gasteiger partial charge is 0.392 e. The SMILES string of the molecule is O=C(Nc1ccc(C2OC(CN3CCN(Cc4ccccc4)CC3)CC(c3ccc(CO)cc3)O2)cc1)c1c(F)c(F)c(F)c(F)c1F. The number of piperazine rings is 1. The van der Waals surface area contributed by atoms with Crippen LogP contribution in [0.5, 0.6) is 0 Å². The molecule has 4 aromatic carbocycles. The number of nitrogens with zero attached hydrogens (tertiary/aromatic N) is 2. The minimum atomic E-state index is -2.34. The van der Waals surface area contributed by atoms with Gasteiger partial charge < -0.3 is 19.9 Å². The van der Waals surface area contributed by atoms with Gasteiger partial charge in [0.15, 0.2) is 29.6 Å². The van der Waals surface area contributed by atoms with Crippen LogP contribution >= 0.6 is 0 Å². The molecular formula is C36H34F5N3O4. The maximum atomic E-state index is 14.2. The number of amides is 1. The fraction of sp³-hybridized carbons (Fsp3) is 0.306. The Kier molecular flexibility index (Phi) is 10.5. The molecule has 7 nitrogen and oxygen atoms in total. The van der Waals surface area contributed by atoms with E-state index in [2.05, 4.69) is 27.2 Å². The van der Waals surface area contributed by atoms with Gasteiger partial charge in [0.05, 0.1) is 18.8 Å². The molecule has 0 aromatic heterocycles. The van der Waals surface area contributed by atoms with Gasteiger partial charge in [-0.2, -0.15) is 0 Å². The number of aliphatic hydroxyl groups is 1. The summed E-state index contributed by atoms with van der Waals surface area (Å²) in [6.07, 6.45) is -0.726. The summed E-state index contributed by atoms with van der Waals surface area (Å²) in [5, 5.41) is 11.7. The minimum Gasteiger partial charge on any atom is -0.392 e. The minimum absolute atomic E-state index is 0.0598. The van der Waals surface area contributed by atoms with E-state index in [9.17, 15) is 31.9 Å². The van der Waals surface area contributed by atoms with E-state index in [0.29, 0.717) is 18.5 Å². The number of carbonyl (C=O) groups excluding carboxylic acids is 1. The van der Waals surface area contributed by atoms with Crippen molar-refractivity contribution in [1.82, 2.24) is 9.80 Å². The smallest absolute Gasteiger partial charge is 0.261 e. The maximum Gasteiger partial charge on any atom is 0.261 e. The third-order valence-corrected chi connectivity index (χ3v) is 8.67. The van der Waals surface area contributed by atoms with Crippen molar-refractivity contribution in [2.75, 3.05) is 38.0 Å². The van der Waals surface area contributed by atoms with Gasteiger partial charge in [-0.3, -0.25) is 14.6 Å². The van der Waals surface area contributed by atoms with Crippen LogP contribution in [0.3, 0.4) is 0 Å². The molecule has 252 valence electrons. The monoisotopic (exact) mass is 667 g/mol. The quantitative estimate of drug-likeness (QED) is 0.121. The lowest BCUT2D eigenvalue weighted by atomic mass is 9.99. The van der Waals surface area contributed by atoms with Crippen molar-refractivity contribution in [1.29, 1.82) is 0 Å². The van der Waals surface area contributed by atoms with Gasteiger partial charge in [-0.05, 0) is 28.8 Å². The van der Waals surface area contributed by atoms with E-state index < -0.39 is 46.8 Å². The predicted octanol–water partition coefficient (Wildman–Crippen LogP) is 6.49. The van der Waals surface area contributed by atoms with E-state index in [0.717, 1.165) is 43.9 Å². The van der Waals surface area contributed by atoms with Crippen LogP contribution < -0.4 is 5.32 Å². The zero-order chi connectivity index (χ0) is 33.8. The predicted molar refractivity (Wildman–Crippen MR) is 167 cm³/mol. The van der Waals surface area contributed by atoms with E-state index in [4.69, 9.17) is 9.47 Å². The van der Waals surface area contributed by atoms with Crippen molar-refractivity contribution in [3.05, 3.63) is 136 Å². The molecule has 3 unspecified atom stereocenters. The summed E-state index contributed by atoms with van der Waals surface area (Å²) in [5.41, 5.74) is 2.05. The molecule has 48 heavy (non-hydrogen) atoms. The van der Waals surface area contributed by atoms with Gasteiger partial charge in [-0.25, -0.2) is 22.0 Å². The van der Waals surface area contributed by atoms with Gasteiger partial charge in [-0.15, -0.1) is 0 Å². The number of nitrogens with one attached hydrogen (secondary N) is 1.